The normalized spacial score (nSPS) is 27.3. The molecule has 0 amide bonds. The second-order valence-corrected chi connectivity index (χ2v) is 9.00. The Balaban J connectivity index is 1.89. The number of nitrogens with zero attached hydrogens (tertiary/aromatic N) is 2. The third kappa shape index (κ3) is 3.98. The highest BCUT2D eigenvalue weighted by molar-refractivity contribution is 6.36. The van der Waals surface area contributed by atoms with Crippen molar-refractivity contribution in [1.82, 2.24) is 4.90 Å². The van der Waals surface area contributed by atoms with E-state index in [0.29, 0.717) is 29.2 Å². The number of likely N-dealkylation sites (tertiary alicyclic amines) is 1. The van der Waals surface area contributed by atoms with Gasteiger partial charge in [-0.3, -0.25) is 5.43 Å². The van der Waals surface area contributed by atoms with Crippen LogP contribution in [0.3, 0.4) is 0 Å². The number of esters is 1. The molecule has 0 radical (unpaired) electrons. The van der Waals surface area contributed by atoms with Crippen molar-refractivity contribution >= 4 is 29.1 Å². The lowest BCUT2D eigenvalue weighted by Crippen LogP contribution is -2.42. The van der Waals surface area contributed by atoms with Gasteiger partial charge in [-0.2, -0.15) is 0 Å². The molecule has 1 aromatic rings. The average molecular weight is 378 g/mol. The summed E-state index contributed by atoms with van der Waals surface area (Å²) in [5.41, 5.74) is 4.09. The molecular weight excluding hydrogens is 350 g/mol. The zero-order chi connectivity index (χ0) is 18.9. The van der Waals surface area contributed by atoms with Crippen molar-refractivity contribution in [2.24, 2.45) is 15.9 Å². The number of carbonyl (C=O) groups excluding carboxylic acids is 1. The molecule has 0 spiro atoms. The largest absolute Gasteiger partial charge is 0.460 e. The summed E-state index contributed by atoms with van der Waals surface area (Å²) in [6.07, 6.45) is 3.29. The van der Waals surface area contributed by atoms with Crippen LogP contribution in [0.2, 0.25) is 5.02 Å². The van der Waals surface area contributed by atoms with Gasteiger partial charge in [0.2, 0.25) is 5.84 Å². The molecule has 2 unspecified atom stereocenters. The minimum absolute atomic E-state index is 0.198. The lowest BCUT2D eigenvalue weighted by Gasteiger charge is -2.39. The van der Waals surface area contributed by atoms with Gasteiger partial charge in [-0.05, 0) is 49.1 Å². The highest BCUT2D eigenvalue weighted by Gasteiger charge is 2.51. The number of halogens is 1. The van der Waals surface area contributed by atoms with E-state index in [1.165, 1.54) is 0 Å². The molecule has 6 heteroatoms. The standard InChI is InChI=1S/C20H28ClN3O2/c1-5-26-18(25)17(23-22-16-9-7-6-8-15(16)21)24-13-20(4)11-14(24)10-19(2,3)12-20/h6-9,14,22H,5,10-13H2,1-4H3/b23-17+. The Labute approximate surface area is 160 Å². The second kappa shape index (κ2) is 7.10. The third-order valence-corrected chi connectivity index (χ3v) is 5.63. The van der Waals surface area contributed by atoms with Crippen molar-refractivity contribution in [3.05, 3.63) is 29.3 Å². The average Bonchev–Trinajstić information content (AvgIpc) is 2.78. The number of hydrogen-bond acceptors (Lipinski definition) is 4. The number of para-hydroxylation sites is 1. The van der Waals surface area contributed by atoms with Gasteiger partial charge in [-0.25, -0.2) is 4.79 Å². The summed E-state index contributed by atoms with van der Waals surface area (Å²) in [6, 6.07) is 7.66. The first-order valence-electron chi connectivity index (χ1n) is 9.25. The first-order chi connectivity index (χ1) is 12.2. The minimum Gasteiger partial charge on any atom is -0.460 e. The van der Waals surface area contributed by atoms with Crippen LogP contribution in [0, 0.1) is 10.8 Å². The number of nitrogens with one attached hydrogen (secondary N) is 1. The Morgan fingerprint density at radius 3 is 2.77 bits per heavy atom. The van der Waals surface area contributed by atoms with Gasteiger partial charge in [0, 0.05) is 12.6 Å². The van der Waals surface area contributed by atoms with Crippen LogP contribution in [-0.4, -0.2) is 35.9 Å². The van der Waals surface area contributed by atoms with Crippen molar-refractivity contribution < 1.29 is 9.53 Å². The maximum absolute atomic E-state index is 12.6. The summed E-state index contributed by atoms with van der Waals surface area (Å²) in [6.45, 7) is 9.89. The Morgan fingerprint density at radius 1 is 1.35 bits per heavy atom. The molecule has 26 heavy (non-hydrogen) atoms. The molecule has 2 fully saturated rings. The van der Waals surface area contributed by atoms with Gasteiger partial charge >= 0.3 is 5.97 Å². The Morgan fingerprint density at radius 2 is 2.08 bits per heavy atom. The van der Waals surface area contributed by atoms with E-state index in [-0.39, 0.29) is 16.8 Å². The van der Waals surface area contributed by atoms with Crippen LogP contribution in [0.5, 0.6) is 0 Å². The van der Waals surface area contributed by atoms with E-state index in [9.17, 15) is 4.79 Å². The van der Waals surface area contributed by atoms with E-state index in [1.54, 1.807) is 6.07 Å². The van der Waals surface area contributed by atoms with Crippen molar-refractivity contribution in [3.63, 3.8) is 0 Å². The van der Waals surface area contributed by atoms with Gasteiger partial charge in [-0.15, -0.1) is 5.10 Å². The van der Waals surface area contributed by atoms with Crippen LogP contribution in [0.25, 0.3) is 0 Å². The minimum atomic E-state index is -0.388. The predicted octanol–water partition coefficient (Wildman–Crippen LogP) is 4.53. The smallest absolute Gasteiger partial charge is 0.376 e. The fourth-order valence-electron chi connectivity index (χ4n) is 4.80. The predicted molar refractivity (Wildman–Crippen MR) is 105 cm³/mol. The zero-order valence-corrected chi connectivity index (χ0v) is 16.8. The highest BCUT2D eigenvalue weighted by atomic mass is 35.5. The number of ether oxygens (including phenoxy) is 1. The van der Waals surface area contributed by atoms with Gasteiger partial charge < -0.3 is 9.64 Å². The van der Waals surface area contributed by atoms with Gasteiger partial charge in [0.05, 0.1) is 17.3 Å². The number of anilines is 1. The molecule has 2 atom stereocenters. The number of hydrazone groups is 1. The molecule has 1 aliphatic heterocycles. The Bertz CT molecular complexity index is 719. The zero-order valence-electron chi connectivity index (χ0n) is 16.0. The molecule has 2 aliphatic rings. The van der Waals surface area contributed by atoms with Gasteiger partial charge in [0.1, 0.15) is 0 Å². The second-order valence-electron chi connectivity index (χ2n) is 8.59. The summed E-state index contributed by atoms with van der Waals surface area (Å²) in [5.74, 6) is -0.0424. The number of rotatable bonds is 3. The van der Waals surface area contributed by atoms with E-state index in [1.807, 2.05) is 25.1 Å². The molecule has 2 bridgehead atoms. The van der Waals surface area contributed by atoms with Crippen molar-refractivity contribution in [2.45, 2.75) is 53.0 Å². The monoisotopic (exact) mass is 377 g/mol. The summed E-state index contributed by atoms with van der Waals surface area (Å²) in [7, 11) is 0. The molecule has 142 valence electrons. The van der Waals surface area contributed by atoms with E-state index in [4.69, 9.17) is 16.3 Å². The van der Waals surface area contributed by atoms with E-state index < -0.39 is 0 Å². The number of carbonyl (C=O) groups is 1. The van der Waals surface area contributed by atoms with Crippen LogP contribution in [0.15, 0.2) is 29.4 Å². The Hall–Kier alpha value is -1.75. The molecule has 1 saturated carbocycles. The van der Waals surface area contributed by atoms with E-state index in [0.717, 1.165) is 25.8 Å². The maximum atomic E-state index is 12.6. The van der Waals surface area contributed by atoms with E-state index in [2.05, 4.69) is 36.2 Å². The molecule has 1 saturated heterocycles. The van der Waals surface area contributed by atoms with Crippen LogP contribution >= 0.6 is 11.6 Å². The topological polar surface area (TPSA) is 53.9 Å². The SMILES string of the molecule is CCOC(=O)/C(=N\Nc1ccccc1Cl)N1CC2(C)CC1CC(C)(C)C2. The first-order valence-corrected chi connectivity index (χ1v) is 9.63. The molecule has 3 rings (SSSR count). The molecule has 1 N–H and O–H groups in total. The van der Waals surface area contributed by atoms with Gasteiger partial charge in [0.15, 0.2) is 0 Å². The summed E-state index contributed by atoms with van der Waals surface area (Å²) in [4.78, 5) is 14.8. The lowest BCUT2D eigenvalue weighted by molar-refractivity contribution is -0.136. The number of benzene rings is 1. The summed E-state index contributed by atoms with van der Waals surface area (Å²) in [5, 5.41) is 4.99. The molecule has 1 aliphatic carbocycles. The molecule has 5 nitrogen and oxygen atoms in total. The van der Waals surface area contributed by atoms with Crippen LogP contribution in [-0.2, 0) is 9.53 Å². The molecular formula is C20H28ClN3O2. The quantitative estimate of drug-likeness (QED) is 0.364. The fourth-order valence-corrected chi connectivity index (χ4v) is 4.97. The maximum Gasteiger partial charge on any atom is 0.376 e. The molecule has 1 heterocycles. The van der Waals surface area contributed by atoms with Gasteiger partial charge in [-0.1, -0.05) is 44.5 Å². The first kappa shape index (κ1) is 19.0. The molecule has 1 aromatic carbocycles. The van der Waals surface area contributed by atoms with Gasteiger partial charge in [0.25, 0.3) is 0 Å². The summed E-state index contributed by atoms with van der Waals surface area (Å²) < 4.78 is 5.28. The van der Waals surface area contributed by atoms with Crippen molar-refractivity contribution in [3.8, 4) is 0 Å². The lowest BCUT2D eigenvalue weighted by atomic mass is 9.65. The third-order valence-electron chi connectivity index (χ3n) is 5.30. The van der Waals surface area contributed by atoms with Crippen LogP contribution < -0.4 is 5.43 Å². The fraction of sp³-hybridized carbons (Fsp3) is 0.600. The number of fused-ring (bicyclic) bond motifs is 2. The highest BCUT2D eigenvalue weighted by Crippen LogP contribution is 2.52. The van der Waals surface area contributed by atoms with Crippen LogP contribution in [0.1, 0.15) is 47.0 Å². The van der Waals surface area contributed by atoms with Crippen molar-refractivity contribution in [1.29, 1.82) is 0 Å². The number of amidine groups is 1. The molecule has 0 aromatic heterocycles. The summed E-state index contributed by atoms with van der Waals surface area (Å²) >= 11 is 6.20. The Kier molecular flexibility index (Phi) is 5.20. The van der Waals surface area contributed by atoms with Crippen molar-refractivity contribution in [2.75, 3.05) is 18.6 Å². The number of hydrogen-bond donors (Lipinski definition) is 1. The van der Waals surface area contributed by atoms with Crippen LogP contribution in [0.4, 0.5) is 5.69 Å². The van der Waals surface area contributed by atoms with E-state index >= 15 is 0 Å².